The van der Waals surface area contributed by atoms with E-state index in [1.54, 1.807) is 6.20 Å². The molecular formula is C23H26N3NaO5S. The number of para-hydroxylation sites is 2. The molecule has 2 unspecified atom stereocenters. The first-order chi connectivity index (χ1) is 15.6. The average molecular weight is 480 g/mol. The van der Waals surface area contributed by atoms with Crippen molar-refractivity contribution in [2.45, 2.75) is 49.0 Å². The monoisotopic (exact) mass is 479 g/mol. The van der Waals surface area contributed by atoms with Crippen LogP contribution >= 0.6 is 0 Å². The summed E-state index contributed by atoms with van der Waals surface area (Å²) in [7, 11) is -1.39. The summed E-state index contributed by atoms with van der Waals surface area (Å²) in [5.74, 6) is 0.504. The number of fused-ring (bicyclic) bond motifs is 1. The second-order valence-electron chi connectivity index (χ2n) is 8.08. The van der Waals surface area contributed by atoms with Gasteiger partial charge in [-0.25, -0.2) is 0 Å². The molecule has 0 amide bonds. The van der Waals surface area contributed by atoms with Crippen molar-refractivity contribution in [1.82, 2.24) is 15.0 Å². The van der Waals surface area contributed by atoms with Crippen LogP contribution in [0.25, 0.3) is 11.0 Å². The van der Waals surface area contributed by atoms with Crippen LogP contribution in [0.4, 0.5) is 0 Å². The molecule has 0 N–H and O–H groups in total. The Morgan fingerprint density at radius 2 is 2.06 bits per heavy atom. The Balaban J connectivity index is 0.00000259. The Hall–Kier alpha value is -1.33. The van der Waals surface area contributed by atoms with E-state index in [9.17, 15) is 4.21 Å². The maximum atomic E-state index is 12.8. The van der Waals surface area contributed by atoms with Gasteiger partial charge in [-0.2, -0.15) is 0 Å². The Bertz CT molecular complexity index is 1090. The Morgan fingerprint density at radius 3 is 2.88 bits per heavy atom. The number of aromatic nitrogens is 3. The maximum Gasteiger partial charge on any atom is 1.00 e. The number of imidazole rings is 1. The fourth-order valence-corrected chi connectivity index (χ4v) is 5.11. The van der Waals surface area contributed by atoms with Gasteiger partial charge in [0.05, 0.1) is 54.8 Å². The van der Waals surface area contributed by atoms with Gasteiger partial charge in [-0.1, -0.05) is 24.3 Å². The molecule has 170 valence electrons. The summed E-state index contributed by atoms with van der Waals surface area (Å²) < 4.78 is 36.4. The predicted molar refractivity (Wildman–Crippen MR) is 118 cm³/mol. The molecule has 2 aliphatic rings. The first kappa shape index (κ1) is 24.8. The number of hydrogen-bond donors (Lipinski definition) is 0. The summed E-state index contributed by atoms with van der Waals surface area (Å²) in [5, 5.41) is 0.333. The van der Waals surface area contributed by atoms with E-state index in [-0.39, 0.29) is 41.4 Å². The third-order valence-electron chi connectivity index (χ3n) is 5.91. The van der Waals surface area contributed by atoms with Gasteiger partial charge in [0.1, 0.15) is 5.75 Å². The van der Waals surface area contributed by atoms with Crippen molar-refractivity contribution >= 4 is 21.8 Å². The maximum absolute atomic E-state index is 12.8. The molecule has 4 heterocycles. The first-order valence-electron chi connectivity index (χ1n) is 10.9. The van der Waals surface area contributed by atoms with Crippen LogP contribution in [0.1, 0.15) is 30.5 Å². The van der Waals surface area contributed by atoms with Crippen LogP contribution in [0.5, 0.6) is 5.75 Å². The largest absolute Gasteiger partial charge is 1.00 e. The smallest absolute Gasteiger partial charge is 0.493 e. The van der Waals surface area contributed by atoms with E-state index < -0.39 is 16.6 Å². The van der Waals surface area contributed by atoms with E-state index in [4.69, 9.17) is 18.9 Å². The Kier molecular flexibility index (Phi) is 8.22. The number of benzene rings is 1. The molecule has 0 bridgehead atoms. The number of ether oxygens (including phenoxy) is 4. The fourth-order valence-electron chi connectivity index (χ4n) is 4.04. The number of rotatable bonds is 7. The van der Waals surface area contributed by atoms with Crippen LogP contribution in [0.15, 0.2) is 41.7 Å². The van der Waals surface area contributed by atoms with Crippen molar-refractivity contribution in [3.8, 4) is 5.75 Å². The van der Waals surface area contributed by atoms with Crippen molar-refractivity contribution in [2.75, 3.05) is 26.4 Å². The van der Waals surface area contributed by atoms with Gasteiger partial charge in [0.15, 0.2) is 5.79 Å². The molecule has 0 radical (unpaired) electrons. The molecule has 33 heavy (non-hydrogen) atoms. The molecule has 2 atom stereocenters. The van der Waals surface area contributed by atoms with Gasteiger partial charge >= 0.3 is 29.6 Å². The minimum absolute atomic E-state index is 0. The van der Waals surface area contributed by atoms with Crippen molar-refractivity contribution in [3.63, 3.8) is 0 Å². The van der Waals surface area contributed by atoms with Crippen LogP contribution in [0, 0.1) is 6.92 Å². The van der Waals surface area contributed by atoms with Crippen LogP contribution < -0.4 is 39.3 Å². The molecule has 0 saturated carbocycles. The second kappa shape index (κ2) is 10.9. The van der Waals surface area contributed by atoms with Crippen LogP contribution in [0.2, 0.25) is 0 Å². The summed E-state index contributed by atoms with van der Waals surface area (Å²) in [6.07, 6.45) is 3.99. The predicted octanol–water partition coefficient (Wildman–Crippen LogP) is -0.102. The van der Waals surface area contributed by atoms with E-state index in [0.717, 1.165) is 47.3 Å². The van der Waals surface area contributed by atoms with Crippen molar-refractivity contribution in [3.05, 3.63) is 47.8 Å². The van der Waals surface area contributed by atoms with Gasteiger partial charge in [0.25, 0.3) is 0 Å². The quantitative estimate of drug-likeness (QED) is 0.434. The van der Waals surface area contributed by atoms with Crippen LogP contribution in [0.3, 0.4) is 0 Å². The molecule has 1 spiro atoms. The third-order valence-corrected chi connectivity index (χ3v) is 7.04. The number of nitrogens with zero attached hydrogens (tertiary/aromatic N) is 3. The van der Waals surface area contributed by atoms with E-state index in [1.165, 1.54) is 0 Å². The van der Waals surface area contributed by atoms with Gasteiger partial charge in [-0.05, 0) is 24.0 Å². The summed E-state index contributed by atoms with van der Waals surface area (Å²) in [4.78, 5) is 13.2. The molecular weight excluding hydrogens is 453 g/mol. The number of pyridine rings is 1. The molecule has 2 aliphatic heterocycles. The topological polar surface area (TPSA) is 93.9 Å². The summed E-state index contributed by atoms with van der Waals surface area (Å²) in [6, 6.07) is 9.35. The van der Waals surface area contributed by atoms with Gasteiger partial charge in [-0.15, -0.1) is 0 Å². The minimum Gasteiger partial charge on any atom is -0.493 e. The first-order valence-corrected chi connectivity index (χ1v) is 12.2. The van der Waals surface area contributed by atoms with E-state index in [1.807, 2.05) is 37.3 Å². The van der Waals surface area contributed by atoms with Gasteiger partial charge in [0.2, 0.25) is 0 Å². The van der Waals surface area contributed by atoms with Gasteiger partial charge in [-0.3, -0.25) is 9.19 Å². The van der Waals surface area contributed by atoms with E-state index in [0.29, 0.717) is 31.6 Å². The zero-order valence-corrected chi connectivity index (χ0v) is 21.8. The normalized spacial score (nSPS) is 20.6. The molecule has 2 aromatic heterocycles. The van der Waals surface area contributed by atoms with Crippen LogP contribution in [-0.2, 0) is 30.8 Å². The third kappa shape index (κ3) is 5.67. The Morgan fingerprint density at radius 1 is 1.24 bits per heavy atom. The fraction of sp³-hybridized carbons (Fsp3) is 0.478. The summed E-state index contributed by atoms with van der Waals surface area (Å²) in [5.41, 5.74) is 3.09. The van der Waals surface area contributed by atoms with Crippen molar-refractivity contribution in [1.29, 1.82) is 0 Å². The minimum atomic E-state index is -1.39. The second-order valence-corrected chi connectivity index (χ2v) is 9.42. The molecule has 5 rings (SSSR count). The van der Waals surface area contributed by atoms with E-state index in [2.05, 4.69) is 15.0 Å². The zero-order valence-electron chi connectivity index (χ0n) is 19.0. The van der Waals surface area contributed by atoms with Crippen LogP contribution in [-0.4, -0.2) is 52.5 Å². The van der Waals surface area contributed by atoms with Gasteiger partial charge in [0, 0.05) is 36.2 Å². The molecule has 2 fully saturated rings. The molecule has 3 aromatic rings. The zero-order chi connectivity index (χ0) is 22.0. The molecule has 2 saturated heterocycles. The molecule has 0 aliphatic carbocycles. The molecule has 8 nitrogen and oxygen atoms in total. The summed E-state index contributed by atoms with van der Waals surface area (Å²) >= 11 is 0. The van der Waals surface area contributed by atoms with E-state index >= 15 is 0 Å². The van der Waals surface area contributed by atoms with Gasteiger partial charge < -0.3 is 28.9 Å². The molecule has 10 heteroatoms. The summed E-state index contributed by atoms with van der Waals surface area (Å²) in [6.45, 7) is 4.37. The van der Waals surface area contributed by atoms with Crippen molar-refractivity contribution in [2.24, 2.45) is 0 Å². The average Bonchev–Trinajstić information content (AvgIpc) is 3.41. The Labute approximate surface area is 217 Å². The SMILES string of the molecule is Cc1c(OCCC2COC3(CCOCC3)O2)ccnc1CS(=O)c1nc2ccccc2[n-]1.[Na+]. The van der Waals surface area contributed by atoms with Crippen molar-refractivity contribution < 1.29 is 52.7 Å². The number of hydrogen-bond acceptors (Lipinski definition) is 7. The standard InChI is InChI=1S/C23H26N3O5S.Na/c1-16-20(15-32(27)22-25-18-4-2-3-5-19(18)26-22)24-10-6-21(16)29-11-7-17-14-30-23(31-17)8-12-28-13-9-23;/h2-6,10,17H,7-9,11-15H2,1H3;/q-1;+1. The molecule has 1 aromatic carbocycles.